The Morgan fingerprint density at radius 3 is 2.59 bits per heavy atom. The van der Waals surface area contributed by atoms with Gasteiger partial charge in [-0.05, 0) is 19.5 Å². The van der Waals surface area contributed by atoms with Crippen LogP contribution in [-0.4, -0.2) is 21.3 Å². The van der Waals surface area contributed by atoms with E-state index in [2.05, 4.69) is 43.0 Å². The van der Waals surface area contributed by atoms with Gasteiger partial charge >= 0.3 is 0 Å². The monoisotopic (exact) mass is 253 g/mol. The molecular formula is C13H23N3S. The number of aromatic nitrogens is 2. The molecule has 0 radical (unpaired) electrons. The third kappa shape index (κ3) is 6.03. The second-order valence-electron chi connectivity index (χ2n) is 5.10. The number of aryl methyl sites for hydroxylation is 1. The summed E-state index contributed by atoms with van der Waals surface area (Å²) in [5.74, 6) is 1.82. The van der Waals surface area contributed by atoms with E-state index in [9.17, 15) is 0 Å². The predicted octanol–water partition coefficient (Wildman–Crippen LogP) is 2.93. The first-order valence-corrected chi connectivity index (χ1v) is 7.07. The summed E-state index contributed by atoms with van der Waals surface area (Å²) in [6.45, 7) is 12.6. The molecule has 0 amide bonds. The van der Waals surface area contributed by atoms with Gasteiger partial charge < -0.3 is 5.32 Å². The molecule has 1 aromatic heterocycles. The van der Waals surface area contributed by atoms with Gasteiger partial charge in [-0.2, -0.15) is 0 Å². The number of hydrogen-bond acceptors (Lipinski definition) is 4. The van der Waals surface area contributed by atoms with E-state index in [0.29, 0.717) is 0 Å². The van der Waals surface area contributed by atoms with E-state index >= 15 is 0 Å². The number of nitrogens with one attached hydrogen (secondary N) is 1. The van der Waals surface area contributed by atoms with Gasteiger partial charge in [-0.15, -0.1) is 11.8 Å². The van der Waals surface area contributed by atoms with Gasteiger partial charge in [0.05, 0.1) is 11.4 Å². The lowest BCUT2D eigenvalue weighted by atomic mass is 10.3. The Hall–Kier alpha value is -0.610. The second-order valence-corrected chi connectivity index (χ2v) is 6.90. The predicted molar refractivity (Wildman–Crippen MR) is 75.2 cm³/mol. The molecule has 0 saturated heterocycles. The van der Waals surface area contributed by atoms with Crippen molar-refractivity contribution >= 4 is 11.8 Å². The van der Waals surface area contributed by atoms with Crippen LogP contribution in [-0.2, 0) is 12.3 Å². The van der Waals surface area contributed by atoms with Crippen molar-refractivity contribution in [2.45, 2.75) is 51.7 Å². The van der Waals surface area contributed by atoms with E-state index in [0.717, 1.165) is 36.1 Å². The highest BCUT2D eigenvalue weighted by molar-refractivity contribution is 7.99. The minimum Gasteiger partial charge on any atom is -0.311 e. The number of rotatable bonds is 5. The summed E-state index contributed by atoms with van der Waals surface area (Å²) < 4.78 is 0.259. The van der Waals surface area contributed by atoms with E-state index in [-0.39, 0.29) is 4.75 Å². The van der Waals surface area contributed by atoms with E-state index in [1.54, 1.807) is 0 Å². The van der Waals surface area contributed by atoms with Crippen LogP contribution >= 0.6 is 11.8 Å². The SMILES string of the molecule is CCNCc1cc(C)nc(CSC(C)(C)C)n1. The molecule has 4 heteroatoms. The number of thioether (sulfide) groups is 1. The maximum absolute atomic E-state index is 4.58. The van der Waals surface area contributed by atoms with Crippen molar-refractivity contribution in [1.82, 2.24) is 15.3 Å². The van der Waals surface area contributed by atoms with Crippen molar-refractivity contribution < 1.29 is 0 Å². The van der Waals surface area contributed by atoms with Gasteiger partial charge in [-0.1, -0.05) is 27.7 Å². The molecule has 0 aromatic carbocycles. The van der Waals surface area contributed by atoms with E-state index in [1.165, 1.54) is 0 Å². The molecular weight excluding hydrogens is 230 g/mol. The van der Waals surface area contributed by atoms with Gasteiger partial charge in [0, 0.05) is 17.0 Å². The maximum Gasteiger partial charge on any atom is 0.138 e. The highest BCUT2D eigenvalue weighted by Gasteiger charge is 2.12. The zero-order valence-corrected chi connectivity index (χ0v) is 12.3. The van der Waals surface area contributed by atoms with Crippen molar-refractivity contribution in [3.63, 3.8) is 0 Å². The summed E-state index contributed by atoms with van der Waals surface area (Å²) >= 11 is 1.88. The van der Waals surface area contributed by atoms with Gasteiger partial charge in [0.15, 0.2) is 0 Å². The van der Waals surface area contributed by atoms with Gasteiger partial charge in [-0.3, -0.25) is 0 Å². The fourth-order valence-corrected chi connectivity index (χ4v) is 2.08. The average molecular weight is 253 g/mol. The van der Waals surface area contributed by atoms with Crippen LogP contribution in [0.1, 0.15) is 44.9 Å². The maximum atomic E-state index is 4.58. The van der Waals surface area contributed by atoms with Crippen LogP contribution in [0.3, 0.4) is 0 Å². The molecule has 1 rings (SSSR count). The normalized spacial score (nSPS) is 11.8. The summed E-state index contributed by atoms with van der Waals surface area (Å²) in [6, 6.07) is 2.05. The number of nitrogens with zero attached hydrogens (tertiary/aromatic N) is 2. The lowest BCUT2D eigenvalue weighted by molar-refractivity contribution is 0.702. The third-order valence-electron chi connectivity index (χ3n) is 2.14. The van der Waals surface area contributed by atoms with Gasteiger partial charge in [0.1, 0.15) is 5.82 Å². The van der Waals surface area contributed by atoms with Crippen LogP contribution in [0.2, 0.25) is 0 Å². The van der Waals surface area contributed by atoms with Crippen molar-refractivity contribution in [1.29, 1.82) is 0 Å². The van der Waals surface area contributed by atoms with Crippen LogP contribution in [0.4, 0.5) is 0 Å². The highest BCUT2D eigenvalue weighted by Crippen LogP contribution is 2.26. The molecule has 0 saturated carbocycles. The third-order valence-corrected chi connectivity index (χ3v) is 3.41. The molecule has 0 aliphatic heterocycles. The molecule has 17 heavy (non-hydrogen) atoms. The largest absolute Gasteiger partial charge is 0.311 e. The Balaban J connectivity index is 2.68. The van der Waals surface area contributed by atoms with Gasteiger partial charge in [-0.25, -0.2) is 9.97 Å². The fourth-order valence-electron chi connectivity index (χ4n) is 1.39. The molecule has 1 N–H and O–H groups in total. The minimum absolute atomic E-state index is 0.259. The minimum atomic E-state index is 0.259. The summed E-state index contributed by atoms with van der Waals surface area (Å²) in [7, 11) is 0. The summed E-state index contributed by atoms with van der Waals surface area (Å²) in [5.41, 5.74) is 2.14. The Morgan fingerprint density at radius 2 is 2.00 bits per heavy atom. The molecule has 0 bridgehead atoms. The standard InChI is InChI=1S/C13H23N3S/c1-6-14-8-11-7-10(2)15-12(16-11)9-17-13(3,4)5/h7,14H,6,8-9H2,1-5H3. The molecule has 1 aromatic rings. The summed E-state index contributed by atoms with van der Waals surface area (Å²) in [5, 5.41) is 3.29. The molecule has 96 valence electrons. The molecule has 1 heterocycles. The molecule has 0 aliphatic carbocycles. The molecule has 0 spiro atoms. The van der Waals surface area contributed by atoms with Crippen LogP contribution < -0.4 is 5.32 Å². The van der Waals surface area contributed by atoms with Gasteiger partial charge in [0.2, 0.25) is 0 Å². The molecule has 0 atom stereocenters. The Morgan fingerprint density at radius 1 is 1.29 bits per heavy atom. The summed E-state index contributed by atoms with van der Waals surface area (Å²) in [4.78, 5) is 9.06. The lowest BCUT2D eigenvalue weighted by Crippen LogP contribution is -2.15. The first kappa shape index (κ1) is 14.5. The fraction of sp³-hybridized carbons (Fsp3) is 0.692. The van der Waals surface area contributed by atoms with Crippen LogP contribution in [0.15, 0.2) is 6.07 Å². The number of hydrogen-bond donors (Lipinski definition) is 1. The van der Waals surface area contributed by atoms with Crippen molar-refractivity contribution in [3.05, 3.63) is 23.3 Å². The highest BCUT2D eigenvalue weighted by atomic mass is 32.2. The van der Waals surface area contributed by atoms with Crippen LogP contribution in [0.25, 0.3) is 0 Å². The second kappa shape index (κ2) is 6.36. The zero-order chi connectivity index (χ0) is 12.9. The van der Waals surface area contributed by atoms with Crippen molar-refractivity contribution in [3.8, 4) is 0 Å². The smallest absolute Gasteiger partial charge is 0.138 e. The van der Waals surface area contributed by atoms with Crippen molar-refractivity contribution in [2.75, 3.05) is 6.54 Å². The lowest BCUT2D eigenvalue weighted by Gasteiger charge is -2.17. The van der Waals surface area contributed by atoms with E-state index in [1.807, 2.05) is 24.8 Å². The average Bonchev–Trinajstić information content (AvgIpc) is 2.22. The van der Waals surface area contributed by atoms with Crippen molar-refractivity contribution in [2.24, 2.45) is 0 Å². The Bertz CT molecular complexity index is 358. The molecule has 0 fully saturated rings. The first-order valence-electron chi connectivity index (χ1n) is 6.09. The zero-order valence-electron chi connectivity index (χ0n) is 11.5. The summed E-state index contributed by atoms with van der Waals surface area (Å²) in [6.07, 6.45) is 0. The first-order chi connectivity index (χ1) is 7.90. The van der Waals surface area contributed by atoms with Crippen LogP contribution in [0, 0.1) is 6.92 Å². The Labute approximate surface area is 109 Å². The van der Waals surface area contributed by atoms with E-state index < -0.39 is 0 Å². The Kier molecular flexibility index (Phi) is 5.40. The molecule has 3 nitrogen and oxygen atoms in total. The van der Waals surface area contributed by atoms with Crippen LogP contribution in [0.5, 0.6) is 0 Å². The van der Waals surface area contributed by atoms with Gasteiger partial charge in [0.25, 0.3) is 0 Å². The topological polar surface area (TPSA) is 37.8 Å². The molecule has 0 unspecified atom stereocenters. The molecule has 0 aliphatic rings. The quantitative estimate of drug-likeness (QED) is 0.875. The van der Waals surface area contributed by atoms with E-state index in [4.69, 9.17) is 0 Å².